The topological polar surface area (TPSA) is 85.5 Å². The van der Waals surface area contributed by atoms with Gasteiger partial charge in [-0.2, -0.15) is 18.2 Å². The number of ether oxygens (including phenoxy) is 1. The molecule has 0 N–H and O–H groups in total. The van der Waals surface area contributed by atoms with Gasteiger partial charge in [0, 0.05) is 18.1 Å². The van der Waals surface area contributed by atoms with Crippen LogP contribution in [0, 0.1) is 0 Å². The summed E-state index contributed by atoms with van der Waals surface area (Å²) in [4.78, 5) is 33.7. The van der Waals surface area contributed by atoms with E-state index in [-0.39, 0.29) is 12.1 Å². The van der Waals surface area contributed by atoms with Gasteiger partial charge in [0.25, 0.3) is 5.91 Å². The maximum atomic E-state index is 12.9. The molecule has 0 aliphatic carbocycles. The number of hydrogen-bond donors (Lipinski definition) is 0. The van der Waals surface area contributed by atoms with E-state index >= 15 is 0 Å². The predicted molar refractivity (Wildman–Crippen MR) is 99.1 cm³/mol. The molecular weight excluding hydrogens is 403 g/mol. The Hall–Kier alpha value is -3.43. The molecule has 3 aromatic rings. The van der Waals surface area contributed by atoms with Crippen LogP contribution in [0.3, 0.4) is 0 Å². The van der Waals surface area contributed by atoms with Crippen molar-refractivity contribution in [2.75, 3.05) is 13.1 Å². The molecule has 1 saturated heterocycles. The number of rotatable bonds is 3. The minimum Gasteiger partial charge on any atom is -0.458 e. The Kier molecular flexibility index (Phi) is 5.15. The van der Waals surface area contributed by atoms with Gasteiger partial charge in [0.15, 0.2) is 5.69 Å². The summed E-state index contributed by atoms with van der Waals surface area (Å²) < 4.78 is 49.1. The third-order valence-corrected chi connectivity index (χ3v) is 4.73. The number of amides is 1. The lowest BCUT2D eigenvalue weighted by Gasteiger charge is -2.32. The van der Waals surface area contributed by atoms with E-state index in [0.717, 1.165) is 12.3 Å². The van der Waals surface area contributed by atoms with E-state index < -0.39 is 35.5 Å². The number of para-hydroxylation sites is 1. The van der Waals surface area contributed by atoms with Crippen molar-refractivity contribution in [3.63, 3.8) is 0 Å². The Morgan fingerprint density at radius 1 is 1.23 bits per heavy atom. The molecule has 1 aliphatic rings. The molecule has 1 aromatic carbocycles. The molecule has 156 valence electrons. The second-order valence-corrected chi connectivity index (χ2v) is 6.84. The van der Waals surface area contributed by atoms with E-state index in [9.17, 15) is 22.8 Å². The molecule has 1 amide bonds. The van der Waals surface area contributed by atoms with Crippen molar-refractivity contribution in [1.29, 1.82) is 0 Å². The minimum atomic E-state index is -4.61. The Labute approximate surface area is 168 Å². The van der Waals surface area contributed by atoms with E-state index in [0.29, 0.717) is 30.4 Å². The summed E-state index contributed by atoms with van der Waals surface area (Å²) in [6.07, 6.45) is -3.18. The smallest absolute Gasteiger partial charge is 0.433 e. The molecule has 30 heavy (non-hydrogen) atoms. The zero-order valence-electron chi connectivity index (χ0n) is 15.6. The van der Waals surface area contributed by atoms with Gasteiger partial charge in [-0.05, 0) is 31.0 Å². The molecule has 1 fully saturated rings. The van der Waals surface area contributed by atoms with Crippen LogP contribution in [0.5, 0.6) is 6.01 Å². The number of halogens is 3. The number of carbonyl (C=O) groups is 1. The van der Waals surface area contributed by atoms with Crippen molar-refractivity contribution in [1.82, 2.24) is 14.9 Å². The van der Waals surface area contributed by atoms with Crippen LogP contribution in [0.25, 0.3) is 11.0 Å². The van der Waals surface area contributed by atoms with Crippen molar-refractivity contribution < 1.29 is 27.1 Å². The van der Waals surface area contributed by atoms with Crippen LogP contribution in [-0.2, 0) is 6.18 Å². The first-order valence-corrected chi connectivity index (χ1v) is 9.20. The van der Waals surface area contributed by atoms with Crippen molar-refractivity contribution >= 4 is 16.9 Å². The summed E-state index contributed by atoms with van der Waals surface area (Å²) in [6.45, 7) is 0.471. The highest BCUT2D eigenvalue weighted by Crippen LogP contribution is 2.28. The molecule has 0 bridgehead atoms. The second-order valence-electron chi connectivity index (χ2n) is 6.84. The maximum absolute atomic E-state index is 12.9. The first kappa shape index (κ1) is 19.9. The molecule has 3 heterocycles. The monoisotopic (exact) mass is 419 g/mol. The molecule has 0 radical (unpaired) electrons. The zero-order chi connectivity index (χ0) is 21.3. The van der Waals surface area contributed by atoms with Gasteiger partial charge in [-0.3, -0.25) is 4.79 Å². The lowest BCUT2D eigenvalue weighted by Crippen LogP contribution is -2.45. The van der Waals surface area contributed by atoms with Crippen LogP contribution in [0.2, 0.25) is 0 Å². The number of piperidine rings is 1. The third kappa shape index (κ3) is 4.12. The number of benzene rings is 1. The first-order chi connectivity index (χ1) is 14.3. The van der Waals surface area contributed by atoms with Gasteiger partial charge in [-0.25, -0.2) is 9.78 Å². The third-order valence-electron chi connectivity index (χ3n) is 4.73. The SMILES string of the molecule is O=C(c1cc2ccccc2oc1=O)N1CCCC(Oc2nccc(C(F)(F)F)n2)C1. The van der Waals surface area contributed by atoms with E-state index in [1.165, 1.54) is 11.0 Å². The van der Waals surface area contributed by atoms with Gasteiger partial charge in [0.2, 0.25) is 0 Å². The predicted octanol–water partition coefficient (Wildman–Crippen LogP) is 3.29. The highest BCUT2D eigenvalue weighted by Gasteiger charge is 2.34. The van der Waals surface area contributed by atoms with Crippen LogP contribution in [-0.4, -0.2) is 40.0 Å². The average Bonchev–Trinajstić information content (AvgIpc) is 2.72. The van der Waals surface area contributed by atoms with Gasteiger partial charge >= 0.3 is 17.8 Å². The highest BCUT2D eigenvalue weighted by molar-refractivity contribution is 5.96. The molecule has 0 spiro atoms. The summed E-state index contributed by atoms with van der Waals surface area (Å²) in [5.74, 6) is -0.521. The van der Waals surface area contributed by atoms with E-state index in [2.05, 4.69) is 9.97 Å². The van der Waals surface area contributed by atoms with Crippen LogP contribution >= 0.6 is 0 Å². The van der Waals surface area contributed by atoms with Crippen molar-refractivity contribution in [3.05, 3.63) is 64.3 Å². The molecule has 1 unspecified atom stereocenters. The summed E-state index contributed by atoms with van der Waals surface area (Å²) in [6, 6.07) is 8.65. The van der Waals surface area contributed by atoms with Crippen LogP contribution < -0.4 is 10.4 Å². The number of alkyl halides is 3. The van der Waals surface area contributed by atoms with Crippen molar-refractivity contribution in [3.8, 4) is 6.01 Å². The Morgan fingerprint density at radius 2 is 2.03 bits per heavy atom. The lowest BCUT2D eigenvalue weighted by atomic mass is 10.1. The van der Waals surface area contributed by atoms with Crippen molar-refractivity contribution in [2.24, 2.45) is 0 Å². The zero-order valence-corrected chi connectivity index (χ0v) is 15.6. The Balaban J connectivity index is 1.51. The normalized spacial score (nSPS) is 17.2. The summed E-state index contributed by atoms with van der Waals surface area (Å²) in [5.41, 5.74) is -1.58. The molecule has 2 aromatic heterocycles. The molecule has 4 rings (SSSR count). The number of likely N-dealkylation sites (tertiary alicyclic amines) is 1. The Bertz CT molecular complexity index is 1150. The fourth-order valence-electron chi connectivity index (χ4n) is 3.30. The molecule has 7 nitrogen and oxygen atoms in total. The maximum Gasteiger partial charge on any atom is 0.433 e. The van der Waals surface area contributed by atoms with Gasteiger partial charge in [0.05, 0.1) is 6.54 Å². The summed E-state index contributed by atoms with van der Waals surface area (Å²) in [5, 5.41) is 0.614. The van der Waals surface area contributed by atoms with Crippen molar-refractivity contribution in [2.45, 2.75) is 25.1 Å². The molecule has 10 heteroatoms. The van der Waals surface area contributed by atoms with Crippen LogP contribution in [0.15, 0.2) is 51.8 Å². The summed E-state index contributed by atoms with van der Waals surface area (Å²) >= 11 is 0. The number of aromatic nitrogens is 2. The molecule has 0 saturated carbocycles. The minimum absolute atomic E-state index is 0.0880. The van der Waals surface area contributed by atoms with Gasteiger partial charge in [-0.1, -0.05) is 18.2 Å². The van der Waals surface area contributed by atoms with Gasteiger partial charge in [-0.15, -0.1) is 0 Å². The van der Waals surface area contributed by atoms with Crippen LogP contribution in [0.1, 0.15) is 28.9 Å². The second kappa shape index (κ2) is 7.77. The number of carbonyl (C=O) groups excluding carboxylic acids is 1. The molecular formula is C20H16F3N3O4. The lowest BCUT2D eigenvalue weighted by molar-refractivity contribution is -0.141. The number of hydrogen-bond acceptors (Lipinski definition) is 6. The van der Waals surface area contributed by atoms with Gasteiger partial charge in [0.1, 0.15) is 17.3 Å². The molecule has 1 aliphatic heterocycles. The average molecular weight is 419 g/mol. The van der Waals surface area contributed by atoms with E-state index in [4.69, 9.17) is 9.15 Å². The fraction of sp³-hybridized carbons (Fsp3) is 0.300. The largest absolute Gasteiger partial charge is 0.458 e. The quantitative estimate of drug-likeness (QED) is 0.606. The van der Waals surface area contributed by atoms with Gasteiger partial charge < -0.3 is 14.1 Å². The summed E-state index contributed by atoms with van der Waals surface area (Å²) in [7, 11) is 0. The number of nitrogens with zero attached hydrogens (tertiary/aromatic N) is 3. The molecule has 1 atom stereocenters. The van der Waals surface area contributed by atoms with Crippen LogP contribution in [0.4, 0.5) is 13.2 Å². The Morgan fingerprint density at radius 3 is 2.83 bits per heavy atom. The fourth-order valence-corrected chi connectivity index (χ4v) is 3.30. The number of fused-ring (bicyclic) bond motifs is 1. The highest BCUT2D eigenvalue weighted by atomic mass is 19.4. The van der Waals surface area contributed by atoms with E-state index in [1.807, 2.05) is 0 Å². The standard InChI is InChI=1S/C20H16F3N3O4/c21-20(22,23)16-7-8-24-19(25-16)29-13-5-3-9-26(11-13)17(27)14-10-12-4-1-2-6-15(12)30-18(14)28/h1-2,4,6-8,10,13H,3,5,9,11H2. The van der Waals surface area contributed by atoms with E-state index in [1.54, 1.807) is 24.3 Å². The first-order valence-electron chi connectivity index (χ1n) is 9.20.